The number of carbonyl (C=O) groups is 2. The maximum absolute atomic E-state index is 12.3. The number of carbonyl (C=O) groups excluding carboxylic acids is 2. The fourth-order valence-corrected chi connectivity index (χ4v) is 2.77. The Balaban J connectivity index is 1.41. The lowest BCUT2D eigenvalue weighted by atomic mass is 10.1. The van der Waals surface area contributed by atoms with Crippen LogP contribution in [-0.2, 0) is 6.42 Å². The predicted octanol–water partition coefficient (Wildman–Crippen LogP) is 2.89. The largest absolute Gasteiger partial charge is 0.486 e. The highest BCUT2D eigenvalue weighted by Crippen LogP contribution is 2.31. The normalized spacial score (nSPS) is 12.5. The first kappa shape index (κ1) is 17.7. The van der Waals surface area contributed by atoms with E-state index >= 15 is 0 Å². The van der Waals surface area contributed by atoms with Crippen molar-refractivity contribution >= 4 is 17.7 Å². The van der Waals surface area contributed by atoms with E-state index in [0.717, 1.165) is 5.56 Å². The molecule has 1 aliphatic heterocycles. The zero-order valence-corrected chi connectivity index (χ0v) is 15.1. The monoisotopic (exact) mass is 379 g/mol. The fraction of sp³-hybridized carbons (Fsp3) is 0.200. The fourth-order valence-electron chi connectivity index (χ4n) is 2.77. The number of nitrogens with zero attached hydrogens (tertiary/aromatic N) is 2. The van der Waals surface area contributed by atoms with E-state index in [1.807, 2.05) is 18.2 Å². The molecule has 0 bridgehead atoms. The molecule has 2 heterocycles. The molecule has 8 nitrogen and oxygen atoms in total. The van der Waals surface area contributed by atoms with Crippen LogP contribution in [0.3, 0.4) is 0 Å². The second-order valence-electron chi connectivity index (χ2n) is 6.24. The Kier molecular flexibility index (Phi) is 4.76. The van der Waals surface area contributed by atoms with Gasteiger partial charge in [0.05, 0.1) is 6.42 Å². The van der Waals surface area contributed by atoms with Gasteiger partial charge < -0.3 is 13.9 Å². The molecule has 1 amide bonds. The Labute approximate surface area is 160 Å². The second-order valence-corrected chi connectivity index (χ2v) is 6.24. The van der Waals surface area contributed by atoms with Gasteiger partial charge in [-0.1, -0.05) is 23.3 Å². The zero-order chi connectivity index (χ0) is 19.5. The van der Waals surface area contributed by atoms with Crippen LogP contribution in [0.15, 0.2) is 46.9 Å². The lowest BCUT2D eigenvalue weighted by Gasteiger charge is -2.18. The number of ether oxygens (including phenoxy) is 2. The van der Waals surface area contributed by atoms with Gasteiger partial charge in [0.2, 0.25) is 5.89 Å². The number of amides is 1. The van der Waals surface area contributed by atoms with E-state index in [2.05, 4.69) is 15.5 Å². The minimum atomic E-state index is -0.398. The number of rotatable bonds is 5. The van der Waals surface area contributed by atoms with Gasteiger partial charge in [-0.3, -0.25) is 14.9 Å². The standard InChI is InChI=1S/C20H17N3O5/c1-12(24)14-3-5-15(6-4-14)19(25)21-20-23-22-18(28-20)11-13-2-7-16-17(10-13)27-9-8-26-16/h2-7,10H,8-9,11H2,1H3,(H,21,23,25). The third-order valence-electron chi connectivity index (χ3n) is 4.20. The third kappa shape index (κ3) is 3.85. The van der Waals surface area contributed by atoms with Gasteiger partial charge in [0.25, 0.3) is 5.91 Å². The molecule has 0 saturated heterocycles. The number of Topliss-reactive ketones (excluding diaryl/α,β-unsaturated/α-hetero) is 1. The molecule has 1 aromatic heterocycles. The van der Waals surface area contributed by atoms with Crippen molar-refractivity contribution < 1.29 is 23.5 Å². The Morgan fingerprint density at radius 1 is 0.964 bits per heavy atom. The highest BCUT2D eigenvalue weighted by Gasteiger charge is 2.15. The molecule has 28 heavy (non-hydrogen) atoms. The number of anilines is 1. The van der Waals surface area contributed by atoms with Gasteiger partial charge in [-0.25, -0.2) is 0 Å². The molecule has 0 atom stereocenters. The summed E-state index contributed by atoms with van der Waals surface area (Å²) in [5, 5.41) is 10.4. The molecule has 0 radical (unpaired) electrons. The summed E-state index contributed by atoms with van der Waals surface area (Å²) in [5.41, 5.74) is 1.85. The van der Waals surface area contributed by atoms with Crippen molar-refractivity contribution in [2.45, 2.75) is 13.3 Å². The molecule has 0 spiro atoms. The number of fused-ring (bicyclic) bond motifs is 1. The van der Waals surface area contributed by atoms with Crippen LogP contribution in [0.5, 0.6) is 11.5 Å². The third-order valence-corrected chi connectivity index (χ3v) is 4.20. The van der Waals surface area contributed by atoms with Gasteiger partial charge >= 0.3 is 6.01 Å². The number of hydrogen-bond donors (Lipinski definition) is 1. The quantitative estimate of drug-likeness (QED) is 0.680. The predicted molar refractivity (Wildman–Crippen MR) is 98.9 cm³/mol. The SMILES string of the molecule is CC(=O)c1ccc(C(=O)Nc2nnc(Cc3ccc4c(c3)OCCO4)o2)cc1. The molecule has 0 aliphatic carbocycles. The van der Waals surface area contributed by atoms with Crippen LogP contribution in [-0.4, -0.2) is 35.1 Å². The molecule has 1 N–H and O–H groups in total. The number of ketones is 1. The van der Waals surface area contributed by atoms with Crippen molar-refractivity contribution in [3.63, 3.8) is 0 Å². The summed E-state index contributed by atoms with van der Waals surface area (Å²) in [4.78, 5) is 23.6. The van der Waals surface area contributed by atoms with Gasteiger partial charge in [0.1, 0.15) is 13.2 Å². The first-order chi connectivity index (χ1) is 13.6. The van der Waals surface area contributed by atoms with E-state index in [4.69, 9.17) is 13.9 Å². The molecule has 3 aromatic rings. The van der Waals surface area contributed by atoms with E-state index in [1.54, 1.807) is 24.3 Å². The molecule has 0 saturated carbocycles. The Morgan fingerprint density at radius 3 is 2.43 bits per heavy atom. The van der Waals surface area contributed by atoms with E-state index in [0.29, 0.717) is 48.2 Å². The topological polar surface area (TPSA) is 104 Å². The number of aromatic nitrogens is 2. The average Bonchev–Trinajstić information content (AvgIpc) is 3.14. The van der Waals surface area contributed by atoms with E-state index in [-0.39, 0.29) is 11.8 Å². The van der Waals surface area contributed by atoms with Gasteiger partial charge in [-0.15, -0.1) is 5.10 Å². The molecule has 0 unspecified atom stereocenters. The van der Waals surface area contributed by atoms with Crippen LogP contribution >= 0.6 is 0 Å². The Morgan fingerprint density at radius 2 is 1.68 bits per heavy atom. The summed E-state index contributed by atoms with van der Waals surface area (Å²) < 4.78 is 16.6. The van der Waals surface area contributed by atoms with Crippen molar-refractivity contribution in [3.05, 3.63) is 65.0 Å². The molecule has 142 valence electrons. The van der Waals surface area contributed by atoms with Crippen LogP contribution in [0.1, 0.15) is 39.1 Å². The summed E-state index contributed by atoms with van der Waals surface area (Å²) in [5.74, 6) is 1.30. The summed E-state index contributed by atoms with van der Waals surface area (Å²) >= 11 is 0. The van der Waals surface area contributed by atoms with Crippen LogP contribution in [0.2, 0.25) is 0 Å². The minimum Gasteiger partial charge on any atom is -0.486 e. The van der Waals surface area contributed by atoms with Crippen molar-refractivity contribution in [3.8, 4) is 11.5 Å². The molecule has 2 aromatic carbocycles. The average molecular weight is 379 g/mol. The maximum Gasteiger partial charge on any atom is 0.322 e. The number of benzene rings is 2. The Bertz CT molecular complexity index is 1030. The van der Waals surface area contributed by atoms with E-state index in [1.165, 1.54) is 6.92 Å². The van der Waals surface area contributed by atoms with Crippen LogP contribution in [0.4, 0.5) is 6.01 Å². The first-order valence-corrected chi connectivity index (χ1v) is 8.72. The molecule has 8 heteroatoms. The van der Waals surface area contributed by atoms with Crippen molar-refractivity contribution in [2.24, 2.45) is 0 Å². The van der Waals surface area contributed by atoms with Crippen molar-refractivity contribution in [1.82, 2.24) is 10.2 Å². The van der Waals surface area contributed by atoms with Crippen LogP contribution < -0.4 is 14.8 Å². The van der Waals surface area contributed by atoms with Crippen molar-refractivity contribution in [1.29, 1.82) is 0 Å². The van der Waals surface area contributed by atoms with Gasteiger partial charge in [0, 0.05) is 11.1 Å². The zero-order valence-electron chi connectivity index (χ0n) is 15.1. The lowest BCUT2D eigenvalue weighted by Crippen LogP contribution is -2.15. The summed E-state index contributed by atoms with van der Waals surface area (Å²) in [6.07, 6.45) is 0.396. The van der Waals surface area contributed by atoms with E-state index in [9.17, 15) is 9.59 Å². The summed E-state index contributed by atoms with van der Waals surface area (Å²) in [6, 6.07) is 11.9. The van der Waals surface area contributed by atoms with Crippen LogP contribution in [0, 0.1) is 0 Å². The highest BCUT2D eigenvalue weighted by molar-refractivity contribution is 6.04. The molecule has 1 aliphatic rings. The smallest absolute Gasteiger partial charge is 0.322 e. The molecule has 0 fully saturated rings. The summed E-state index contributed by atoms with van der Waals surface area (Å²) in [7, 11) is 0. The second kappa shape index (κ2) is 7.51. The van der Waals surface area contributed by atoms with Gasteiger partial charge in [0.15, 0.2) is 17.3 Å². The number of nitrogens with one attached hydrogen (secondary N) is 1. The van der Waals surface area contributed by atoms with Gasteiger partial charge in [-0.2, -0.15) is 0 Å². The Hall–Kier alpha value is -3.68. The highest BCUT2D eigenvalue weighted by atomic mass is 16.6. The molecule has 4 rings (SSSR count). The molecular weight excluding hydrogens is 362 g/mol. The van der Waals surface area contributed by atoms with Gasteiger partial charge in [-0.05, 0) is 36.8 Å². The lowest BCUT2D eigenvalue weighted by molar-refractivity contribution is 0.100. The van der Waals surface area contributed by atoms with Crippen molar-refractivity contribution in [2.75, 3.05) is 18.5 Å². The number of hydrogen-bond acceptors (Lipinski definition) is 7. The molecular formula is C20H17N3O5. The first-order valence-electron chi connectivity index (χ1n) is 8.72. The van der Waals surface area contributed by atoms with Crippen LogP contribution in [0.25, 0.3) is 0 Å². The summed E-state index contributed by atoms with van der Waals surface area (Å²) in [6.45, 7) is 2.52. The maximum atomic E-state index is 12.3. The van der Waals surface area contributed by atoms with E-state index < -0.39 is 5.91 Å². The minimum absolute atomic E-state index is 0.00758.